The zero-order valence-corrected chi connectivity index (χ0v) is 10.7. The maximum atomic E-state index is 12.0. The lowest BCUT2D eigenvalue weighted by atomic mass is 9.99. The van der Waals surface area contributed by atoms with Gasteiger partial charge in [-0.25, -0.2) is 0 Å². The molecule has 0 spiro atoms. The van der Waals surface area contributed by atoms with Crippen LogP contribution in [0.5, 0.6) is 5.75 Å². The fourth-order valence-corrected chi connectivity index (χ4v) is 2.60. The van der Waals surface area contributed by atoms with E-state index in [9.17, 15) is 4.79 Å². The molecule has 0 radical (unpaired) electrons. The zero-order valence-electron chi connectivity index (χ0n) is 10.7. The second-order valence-electron chi connectivity index (χ2n) is 5.05. The van der Waals surface area contributed by atoms with Crippen molar-refractivity contribution in [1.29, 1.82) is 0 Å². The maximum Gasteiger partial charge on any atom is 0.265 e. The number of fused-ring (bicyclic) bond motifs is 1. The van der Waals surface area contributed by atoms with Crippen molar-refractivity contribution in [3.63, 3.8) is 0 Å². The summed E-state index contributed by atoms with van der Waals surface area (Å²) in [5.41, 5.74) is 7.03. The van der Waals surface area contributed by atoms with E-state index in [4.69, 9.17) is 15.2 Å². The Bertz CT molecular complexity index is 472. The molecule has 1 aromatic rings. The number of rotatable bonds is 3. The van der Waals surface area contributed by atoms with Gasteiger partial charge in [-0.15, -0.1) is 0 Å². The van der Waals surface area contributed by atoms with Gasteiger partial charge in [-0.1, -0.05) is 12.1 Å². The molecule has 2 unspecified atom stereocenters. The third-order valence-corrected chi connectivity index (χ3v) is 3.77. The Labute approximate surface area is 112 Å². The predicted molar refractivity (Wildman–Crippen MR) is 71.2 cm³/mol. The number of para-hydroxylation sites is 2. The minimum Gasteiger partial charge on any atom is -0.482 e. The highest BCUT2D eigenvalue weighted by Gasteiger charge is 2.30. The maximum absolute atomic E-state index is 12.0. The number of anilines is 1. The molecule has 0 saturated carbocycles. The van der Waals surface area contributed by atoms with Crippen LogP contribution in [0.2, 0.25) is 0 Å². The number of hydrogen-bond acceptors (Lipinski definition) is 4. The molecular formula is C14H18N2O3. The van der Waals surface area contributed by atoms with Gasteiger partial charge in [-0.05, 0) is 18.6 Å². The fourth-order valence-electron chi connectivity index (χ4n) is 2.60. The van der Waals surface area contributed by atoms with Crippen molar-refractivity contribution in [3.05, 3.63) is 24.3 Å². The molecule has 0 bridgehead atoms. The van der Waals surface area contributed by atoms with Gasteiger partial charge in [0.05, 0.1) is 12.3 Å². The average molecular weight is 262 g/mol. The van der Waals surface area contributed by atoms with Crippen molar-refractivity contribution in [1.82, 2.24) is 0 Å². The highest BCUT2D eigenvalue weighted by Crippen LogP contribution is 2.32. The average Bonchev–Trinajstić information content (AvgIpc) is 2.96. The van der Waals surface area contributed by atoms with Crippen molar-refractivity contribution in [3.8, 4) is 5.75 Å². The number of carbonyl (C=O) groups is 1. The van der Waals surface area contributed by atoms with E-state index in [0.29, 0.717) is 19.1 Å². The van der Waals surface area contributed by atoms with E-state index in [1.54, 1.807) is 4.90 Å². The Morgan fingerprint density at radius 2 is 2.26 bits per heavy atom. The molecule has 2 aliphatic heterocycles. The second-order valence-corrected chi connectivity index (χ2v) is 5.05. The minimum atomic E-state index is -0.0578. The number of amides is 1. The first-order valence-corrected chi connectivity index (χ1v) is 6.61. The van der Waals surface area contributed by atoms with Gasteiger partial charge in [-0.2, -0.15) is 0 Å². The lowest BCUT2D eigenvalue weighted by Crippen LogP contribution is -2.48. The Hall–Kier alpha value is -1.59. The lowest BCUT2D eigenvalue weighted by molar-refractivity contribution is -0.121. The van der Waals surface area contributed by atoms with Crippen molar-refractivity contribution in [2.45, 2.75) is 12.5 Å². The number of hydrogen-bond donors (Lipinski definition) is 1. The van der Waals surface area contributed by atoms with Crippen LogP contribution < -0.4 is 15.4 Å². The molecule has 1 fully saturated rings. The first-order chi connectivity index (χ1) is 9.25. The van der Waals surface area contributed by atoms with Crippen LogP contribution in [0.1, 0.15) is 6.42 Å². The number of ether oxygens (including phenoxy) is 2. The van der Waals surface area contributed by atoms with Gasteiger partial charge in [-0.3, -0.25) is 4.79 Å². The van der Waals surface area contributed by atoms with Crippen LogP contribution in [-0.2, 0) is 9.53 Å². The van der Waals surface area contributed by atoms with Gasteiger partial charge in [0.2, 0.25) is 0 Å². The van der Waals surface area contributed by atoms with Crippen LogP contribution in [0.4, 0.5) is 5.69 Å². The Morgan fingerprint density at radius 3 is 3.05 bits per heavy atom. The quantitative estimate of drug-likeness (QED) is 0.874. The van der Waals surface area contributed by atoms with Gasteiger partial charge in [0.25, 0.3) is 5.91 Å². The monoisotopic (exact) mass is 262 g/mol. The number of nitrogens with zero attached hydrogens (tertiary/aromatic N) is 1. The highest BCUT2D eigenvalue weighted by atomic mass is 16.5. The summed E-state index contributed by atoms with van der Waals surface area (Å²) in [7, 11) is 0. The van der Waals surface area contributed by atoms with Crippen LogP contribution in [-0.4, -0.2) is 38.3 Å². The number of carbonyl (C=O) groups excluding carboxylic acids is 1. The summed E-state index contributed by atoms with van der Waals surface area (Å²) in [4.78, 5) is 13.8. The summed E-state index contributed by atoms with van der Waals surface area (Å²) >= 11 is 0. The van der Waals surface area contributed by atoms with Crippen LogP contribution in [0.3, 0.4) is 0 Å². The van der Waals surface area contributed by atoms with Crippen LogP contribution in [0.15, 0.2) is 24.3 Å². The van der Waals surface area contributed by atoms with E-state index >= 15 is 0 Å². The normalized spacial score (nSPS) is 23.9. The van der Waals surface area contributed by atoms with E-state index in [-0.39, 0.29) is 18.6 Å². The van der Waals surface area contributed by atoms with Gasteiger partial charge >= 0.3 is 0 Å². The Kier molecular flexibility index (Phi) is 3.40. The topological polar surface area (TPSA) is 64.8 Å². The second kappa shape index (κ2) is 5.19. The van der Waals surface area contributed by atoms with Gasteiger partial charge < -0.3 is 20.1 Å². The predicted octanol–water partition coefficient (Wildman–Crippen LogP) is 0.776. The molecular weight excluding hydrogens is 244 g/mol. The zero-order chi connectivity index (χ0) is 13.2. The van der Waals surface area contributed by atoms with Crippen LogP contribution >= 0.6 is 0 Å². The molecule has 102 valence electrons. The van der Waals surface area contributed by atoms with Gasteiger partial charge in [0.1, 0.15) is 5.75 Å². The largest absolute Gasteiger partial charge is 0.482 e. The summed E-state index contributed by atoms with van der Waals surface area (Å²) in [5, 5.41) is 0. The van der Waals surface area contributed by atoms with Crippen molar-refractivity contribution < 1.29 is 14.3 Å². The summed E-state index contributed by atoms with van der Waals surface area (Å²) in [6.07, 6.45) is 0.974. The Balaban J connectivity index is 1.77. The van der Waals surface area contributed by atoms with Crippen LogP contribution in [0, 0.1) is 5.92 Å². The molecule has 1 aromatic carbocycles. The third-order valence-electron chi connectivity index (χ3n) is 3.77. The molecule has 2 heterocycles. The molecule has 19 heavy (non-hydrogen) atoms. The van der Waals surface area contributed by atoms with Crippen molar-refractivity contribution in [2.24, 2.45) is 11.7 Å². The summed E-state index contributed by atoms with van der Waals surface area (Å²) < 4.78 is 10.8. The summed E-state index contributed by atoms with van der Waals surface area (Å²) in [5.74, 6) is 1.05. The van der Waals surface area contributed by atoms with E-state index in [0.717, 1.165) is 24.5 Å². The number of nitrogens with two attached hydrogens (primary N) is 1. The molecule has 5 nitrogen and oxygen atoms in total. The molecule has 2 N–H and O–H groups in total. The molecule has 0 aromatic heterocycles. The van der Waals surface area contributed by atoms with Crippen LogP contribution in [0.25, 0.3) is 0 Å². The molecule has 5 heteroatoms. The molecule has 1 saturated heterocycles. The fraction of sp³-hybridized carbons (Fsp3) is 0.500. The van der Waals surface area contributed by atoms with Gasteiger partial charge in [0.15, 0.2) is 6.61 Å². The number of benzene rings is 1. The molecule has 2 aliphatic rings. The molecule has 3 rings (SSSR count). The highest BCUT2D eigenvalue weighted by molar-refractivity contribution is 5.97. The van der Waals surface area contributed by atoms with Crippen molar-refractivity contribution >= 4 is 11.6 Å². The molecule has 1 amide bonds. The first-order valence-electron chi connectivity index (χ1n) is 6.61. The SMILES string of the molecule is NC(CN1C(=O)COc2ccccc21)C1CCOC1. The lowest BCUT2D eigenvalue weighted by Gasteiger charge is -2.32. The first kappa shape index (κ1) is 12.4. The Morgan fingerprint density at radius 1 is 1.42 bits per heavy atom. The minimum absolute atomic E-state index is 0.0342. The third kappa shape index (κ3) is 2.43. The van der Waals surface area contributed by atoms with E-state index in [2.05, 4.69) is 0 Å². The standard InChI is InChI=1S/C14H18N2O3/c15-11(10-5-6-18-8-10)7-16-12-3-1-2-4-13(12)19-9-14(16)17/h1-4,10-11H,5-9,15H2. The summed E-state index contributed by atoms with van der Waals surface area (Å²) in [6.45, 7) is 2.07. The van der Waals surface area contributed by atoms with E-state index < -0.39 is 0 Å². The molecule has 0 aliphatic carbocycles. The molecule has 2 atom stereocenters. The smallest absolute Gasteiger partial charge is 0.265 e. The summed E-state index contributed by atoms with van der Waals surface area (Å²) in [6, 6.07) is 7.51. The van der Waals surface area contributed by atoms with Gasteiger partial charge in [0, 0.05) is 25.1 Å². The van der Waals surface area contributed by atoms with E-state index in [1.165, 1.54) is 0 Å². The van der Waals surface area contributed by atoms with E-state index in [1.807, 2.05) is 24.3 Å². The van der Waals surface area contributed by atoms with Crippen molar-refractivity contribution in [2.75, 3.05) is 31.3 Å².